The van der Waals surface area contributed by atoms with Gasteiger partial charge in [0.05, 0.1) is 0 Å². The van der Waals surface area contributed by atoms with E-state index >= 15 is 0 Å². The summed E-state index contributed by atoms with van der Waals surface area (Å²) in [6.45, 7) is 3.87. The number of carboxylic acids is 1. The Bertz CT molecular complexity index is 490. The predicted molar refractivity (Wildman–Crippen MR) is 81.1 cm³/mol. The Labute approximate surface area is 125 Å². The van der Waals surface area contributed by atoms with Crippen LogP contribution in [0.2, 0.25) is 0 Å². The zero-order valence-electron chi connectivity index (χ0n) is 12.9. The molecule has 0 saturated carbocycles. The summed E-state index contributed by atoms with van der Waals surface area (Å²) in [5.41, 5.74) is -0.944. The van der Waals surface area contributed by atoms with E-state index in [1.54, 1.807) is 30.3 Å². The minimum atomic E-state index is -1.47. The van der Waals surface area contributed by atoms with Gasteiger partial charge in [0.15, 0.2) is 5.54 Å². The molecule has 0 spiro atoms. The molecule has 6 heteroatoms. The van der Waals surface area contributed by atoms with Crippen molar-refractivity contribution in [3.8, 4) is 0 Å². The van der Waals surface area contributed by atoms with Crippen molar-refractivity contribution >= 4 is 12.0 Å². The zero-order valence-corrected chi connectivity index (χ0v) is 12.9. The first-order chi connectivity index (χ1) is 9.77. The van der Waals surface area contributed by atoms with Crippen molar-refractivity contribution in [3.05, 3.63) is 35.9 Å². The number of nitrogens with zero attached hydrogens (tertiary/aromatic N) is 1. The molecule has 0 bridgehead atoms. The fourth-order valence-corrected chi connectivity index (χ4v) is 1.71. The molecule has 0 saturated heterocycles. The number of hydrogen-bond donors (Lipinski definition) is 3. The van der Waals surface area contributed by atoms with Crippen LogP contribution in [-0.4, -0.2) is 48.7 Å². The summed E-state index contributed by atoms with van der Waals surface area (Å²) in [7, 11) is 3.82. The highest BCUT2D eigenvalue weighted by Crippen LogP contribution is 2.20. The van der Waals surface area contributed by atoms with Crippen molar-refractivity contribution in [2.75, 3.05) is 20.6 Å². The van der Waals surface area contributed by atoms with Gasteiger partial charge in [0.1, 0.15) is 0 Å². The lowest BCUT2D eigenvalue weighted by Gasteiger charge is -2.27. The maximum atomic E-state index is 12.0. The Morgan fingerprint density at radius 2 is 1.86 bits per heavy atom. The molecule has 1 aromatic carbocycles. The van der Waals surface area contributed by atoms with Crippen molar-refractivity contribution < 1.29 is 14.7 Å². The molecule has 2 unspecified atom stereocenters. The maximum absolute atomic E-state index is 12.0. The summed E-state index contributed by atoms with van der Waals surface area (Å²) in [6, 6.07) is 8.29. The highest BCUT2D eigenvalue weighted by atomic mass is 16.4. The molecule has 6 nitrogen and oxygen atoms in total. The first kappa shape index (κ1) is 17.0. The van der Waals surface area contributed by atoms with E-state index in [1.807, 2.05) is 25.9 Å². The normalized spacial score (nSPS) is 15.1. The van der Waals surface area contributed by atoms with Gasteiger partial charge in [0.25, 0.3) is 0 Å². The van der Waals surface area contributed by atoms with E-state index in [0.717, 1.165) is 0 Å². The van der Waals surface area contributed by atoms with Crippen LogP contribution >= 0.6 is 0 Å². The van der Waals surface area contributed by atoms with Gasteiger partial charge < -0.3 is 20.6 Å². The monoisotopic (exact) mass is 293 g/mol. The molecule has 0 aliphatic rings. The number of urea groups is 1. The maximum Gasteiger partial charge on any atom is 0.333 e. The first-order valence-corrected chi connectivity index (χ1v) is 6.78. The van der Waals surface area contributed by atoms with Crippen LogP contribution in [0.1, 0.15) is 19.4 Å². The van der Waals surface area contributed by atoms with Crippen molar-refractivity contribution in [2.45, 2.75) is 25.4 Å². The zero-order chi connectivity index (χ0) is 16.0. The molecule has 3 N–H and O–H groups in total. The van der Waals surface area contributed by atoms with Crippen LogP contribution < -0.4 is 10.6 Å². The van der Waals surface area contributed by atoms with Gasteiger partial charge in [-0.25, -0.2) is 9.59 Å². The number of carboxylic acid groups (broad SMARTS) is 1. The van der Waals surface area contributed by atoms with Gasteiger partial charge in [-0.15, -0.1) is 0 Å². The lowest BCUT2D eigenvalue weighted by Crippen LogP contribution is -2.54. The number of amides is 2. The molecule has 1 rings (SSSR count). The van der Waals surface area contributed by atoms with E-state index in [9.17, 15) is 14.7 Å². The fourth-order valence-electron chi connectivity index (χ4n) is 1.71. The van der Waals surface area contributed by atoms with Crippen molar-refractivity contribution in [1.29, 1.82) is 0 Å². The third-order valence-electron chi connectivity index (χ3n) is 3.58. The highest BCUT2D eigenvalue weighted by molar-refractivity contribution is 5.87. The topological polar surface area (TPSA) is 81.7 Å². The summed E-state index contributed by atoms with van der Waals surface area (Å²) < 4.78 is 0. The first-order valence-electron chi connectivity index (χ1n) is 6.78. The Morgan fingerprint density at radius 3 is 2.33 bits per heavy atom. The number of hydrogen-bond acceptors (Lipinski definition) is 3. The molecule has 0 aliphatic carbocycles. The average molecular weight is 293 g/mol. The fraction of sp³-hybridized carbons (Fsp3) is 0.467. The molecular weight excluding hydrogens is 270 g/mol. The van der Waals surface area contributed by atoms with Crippen LogP contribution in [0, 0.1) is 0 Å². The summed E-state index contributed by atoms with van der Waals surface area (Å²) in [5.74, 6) is -1.11. The van der Waals surface area contributed by atoms with E-state index in [-0.39, 0.29) is 6.04 Å². The molecule has 21 heavy (non-hydrogen) atoms. The van der Waals surface area contributed by atoms with Gasteiger partial charge in [-0.3, -0.25) is 0 Å². The van der Waals surface area contributed by atoms with Crippen LogP contribution in [0.5, 0.6) is 0 Å². The van der Waals surface area contributed by atoms with Crippen LogP contribution in [0.4, 0.5) is 4.79 Å². The standard InChI is InChI=1S/C15H23N3O3/c1-11(18(3)4)10-16-14(21)17-15(2,13(19)20)12-8-6-5-7-9-12/h5-9,11H,10H2,1-4H3,(H,19,20)(H2,16,17,21). The van der Waals surface area contributed by atoms with Gasteiger partial charge in [-0.05, 0) is 33.5 Å². The van der Waals surface area contributed by atoms with Crippen molar-refractivity contribution in [3.63, 3.8) is 0 Å². The molecule has 0 radical (unpaired) electrons. The minimum absolute atomic E-state index is 0.156. The molecule has 2 amide bonds. The molecule has 0 fully saturated rings. The number of carbonyl (C=O) groups excluding carboxylic acids is 1. The number of likely N-dealkylation sites (N-methyl/N-ethyl adjacent to an activating group) is 1. The lowest BCUT2D eigenvalue weighted by molar-refractivity contribution is -0.144. The van der Waals surface area contributed by atoms with Gasteiger partial charge in [0, 0.05) is 12.6 Å². The quantitative estimate of drug-likeness (QED) is 0.737. The smallest absolute Gasteiger partial charge is 0.333 e. The Balaban J connectivity index is 2.76. The molecular formula is C15H23N3O3. The van der Waals surface area contributed by atoms with E-state index in [4.69, 9.17) is 0 Å². The third-order valence-corrected chi connectivity index (χ3v) is 3.58. The van der Waals surface area contributed by atoms with Gasteiger partial charge in [-0.1, -0.05) is 30.3 Å². The second-order valence-electron chi connectivity index (χ2n) is 5.44. The van der Waals surface area contributed by atoms with Crippen LogP contribution in [0.15, 0.2) is 30.3 Å². The summed E-state index contributed by atoms with van der Waals surface area (Å²) in [4.78, 5) is 25.5. The van der Waals surface area contributed by atoms with Crippen LogP contribution in [0.25, 0.3) is 0 Å². The minimum Gasteiger partial charge on any atom is -0.479 e. The van der Waals surface area contributed by atoms with Gasteiger partial charge in [0.2, 0.25) is 0 Å². The molecule has 116 valence electrons. The number of nitrogens with one attached hydrogen (secondary N) is 2. The Kier molecular flexibility index (Phi) is 5.72. The lowest BCUT2D eigenvalue weighted by atomic mass is 9.92. The van der Waals surface area contributed by atoms with E-state index in [2.05, 4.69) is 10.6 Å². The van der Waals surface area contributed by atoms with E-state index in [1.165, 1.54) is 6.92 Å². The summed E-state index contributed by atoms with van der Waals surface area (Å²) in [6.07, 6.45) is 0. The van der Waals surface area contributed by atoms with Crippen molar-refractivity contribution in [2.24, 2.45) is 0 Å². The second-order valence-corrected chi connectivity index (χ2v) is 5.44. The summed E-state index contributed by atoms with van der Waals surface area (Å²) >= 11 is 0. The molecule has 1 aromatic rings. The number of carbonyl (C=O) groups is 2. The number of rotatable bonds is 6. The number of aliphatic carboxylic acids is 1. The molecule has 2 atom stereocenters. The molecule has 0 aromatic heterocycles. The molecule has 0 aliphatic heterocycles. The highest BCUT2D eigenvalue weighted by Gasteiger charge is 2.36. The summed E-state index contributed by atoms with van der Waals surface area (Å²) in [5, 5.41) is 14.7. The van der Waals surface area contributed by atoms with E-state index in [0.29, 0.717) is 12.1 Å². The van der Waals surface area contributed by atoms with Gasteiger partial charge in [-0.2, -0.15) is 0 Å². The largest absolute Gasteiger partial charge is 0.479 e. The van der Waals surface area contributed by atoms with E-state index < -0.39 is 17.5 Å². The Hall–Kier alpha value is -2.08. The van der Waals surface area contributed by atoms with Gasteiger partial charge >= 0.3 is 12.0 Å². The van der Waals surface area contributed by atoms with Crippen molar-refractivity contribution in [1.82, 2.24) is 15.5 Å². The predicted octanol–water partition coefficient (Wildman–Crippen LogP) is 1.24. The molecule has 0 heterocycles. The SMILES string of the molecule is CC(CNC(=O)NC(C)(C(=O)O)c1ccccc1)N(C)C. The average Bonchev–Trinajstić information content (AvgIpc) is 2.45. The second kappa shape index (κ2) is 7.08. The Morgan fingerprint density at radius 1 is 1.29 bits per heavy atom. The van der Waals surface area contributed by atoms with Crippen LogP contribution in [0.3, 0.4) is 0 Å². The number of benzene rings is 1. The third kappa shape index (κ3) is 4.46. The van der Waals surface area contributed by atoms with Crippen LogP contribution in [-0.2, 0) is 10.3 Å².